The Balaban J connectivity index is 1.37. The zero-order valence-corrected chi connectivity index (χ0v) is 16.8. The van der Waals surface area contributed by atoms with Crippen molar-refractivity contribution < 1.29 is 14.3 Å². The molecule has 1 amide bonds. The molecule has 5 rings (SSSR count). The molecule has 148 valence electrons. The number of benzene rings is 1. The number of hydrogen-bond acceptors (Lipinski definition) is 5. The lowest BCUT2D eigenvalue weighted by molar-refractivity contribution is -0.0771. The average Bonchev–Trinajstić information content (AvgIpc) is 3.21. The van der Waals surface area contributed by atoms with Gasteiger partial charge in [0.1, 0.15) is 11.7 Å². The van der Waals surface area contributed by atoms with Gasteiger partial charge in [-0.25, -0.2) is 0 Å². The molecular formula is C22H26N2O3S. The minimum absolute atomic E-state index is 0.0485. The monoisotopic (exact) mass is 398 g/mol. The van der Waals surface area contributed by atoms with E-state index in [9.17, 15) is 4.79 Å². The fraction of sp³-hybridized carbons (Fsp3) is 0.500. The van der Waals surface area contributed by atoms with E-state index in [4.69, 9.17) is 9.47 Å². The van der Waals surface area contributed by atoms with Crippen LogP contribution in [0, 0.1) is 0 Å². The Morgan fingerprint density at radius 2 is 2.00 bits per heavy atom. The van der Waals surface area contributed by atoms with Gasteiger partial charge < -0.3 is 19.7 Å². The van der Waals surface area contributed by atoms with Crippen LogP contribution in [0.3, 0.4) is 0 Å². The van der Waals surface area contributed by atoms with Crippen LogP contribution < -0.4 is 5.32 Å². The summed E-state index contributed by atoms with van der Waals surface area (Å²) < 4.78 is 12.2. The van der Waals surface area contributed by atoms with Gasteiger partial charge in [-0.3, -0.25) is 4.79 Å². The Kier molecular flexibility index (Phi) is 4.97. The van der Waals surface area contributed by atoms with Crippen LogP contribution in [0.15, 0.2) is 36.4 Å². The van der Waals surface area contributed by atoms with Crippen molar-refractivity contribution in [2.75, 3.05) is 39.4 Å². The normalized spacial score (nSPS) is 24.1. The average molecular weight is 399 g/mol. The van der Waals surface area contributed by atoms with E-state index in [0.29, 0.717) is 19.7 Å². The van der Waals surface area contributed by atoms with Gasteiger partial charge in [0.2, 0.25) is 0 Å². The molecule has 2 aromatic rings. The topological polar surface area (TPSA) is 50.8 Å². The smallest absolute Gasteiger partial charge is 0.264 e. The minimum atomic E-state index is -0.181. The molecule has 3 aliphatic heterocycles. The molecule has 28 heavy (non-hydrogen) atoms. The number of nitrogens with one attached hydrogen (secondary N) is 1. The molecule has 1 unspecified atom stereocenters. The van der Waals surface area contributed by atoms with Crippen LogP contribution in [-0.2, 0) is 21.5 Å². The van der Waals surface area contributed by atoms with Crippen LogP contribution in [-0.4, -0.2) is 50.2 Å². The Morgan fingerprint density at radius 3 is 2.82 bits per heavy atom. The second kappa shape index (κ2) is 7.59. The van der Waals surface area contributed by atoms with E-state index in [1.54, 1.807) is 11.3 Å². The first-order chi connectivity index (χ1) is 13.8. The van der Waals surface area contributed by atoms with Gasteiger partial charge in [-0.2, -0.15) is 0 Å². The number of hydrogen-bond donors (Lipinski definition) is 1. The first-order valence-electron chi connectivity index (χ1n) is 10.2. The molecule has 2 fully saturated rings. The molecule has 2 saturated heterocycles. The molecule has 3 aliphatic rings. The maximum absolute atomic E-state index is 13.3. The lowest BCUT2D eigenvalue weighted by Gasteiger charge is -2.40. The fourth-order valence-electron chi connectivity index (χ4n) is 4.59. The Bertz CT molecular complexity index is 845. The van der Waals surface area contributed by atoms with Gasteiger partial charge in [0.05, 0.1) is 24.6 Å². The Morgan fingerprint density at radius 1 is 1.18 bits per heavy atom. The van der Waals surface area contributed by atoms with Crippen molar-refractivity contribution in [1.29, 1.82) is 0 Å². The van der Waals surface area contributed by atoms with E-state index in [1.165, 1.54) is 10.4 Å². The largest absolute Gasteiger partial charge is 0.370 e. The summed E-state index contributed by atoms with van der Waals surface area (Å²) >= 11 is 1.65. The summed E-state index contributed by atoms with van der Waals surface area (Å²) in [5.74, 6) is 0.132. The summed E-state index contributed by atoms with van der Waals surface area (Å²) in [6.45, 7) is 4.54. The van der Waals surface area contributed by atoms with Crippen molar-refractivity contribution in [3.05, 3.63) is 57.3 Å². The highest BCUT2D eigenvalue weighted by molar-refractivity contribution is 7.14. The molecule has 5 nitrogen and oxygen atoms in total. The highest BCUT2D eigenvalue weighted by Gasteiger charge is 2.41. The molecule has 6 heteroatoms. The van der Waals surface area contributed by atoms with Crippen molar-refractivity contribution in [3.8, 4) is 0 Å². The number of ether oxygens (including phenoxy) is 2. The van der Waals surface area contributed by atoms with Crippen molar-refractivity contribution in [2.45, 2.75) is 31.0 Å². The van der Waals surface area contributed by atoms with Gasteiger partial charge in [-0.05, 0) is 49.5 Å². The molecule has 1 aromatic carbocycles. The van der Waals surface area contributed by atoms with Crippen LogP contribution in [0.2, 0.25) is 0 Å². The summed E-state index contributed by atoms with van der Waals surface area (Å²) in [6, 6.07) is 12.3. The number of fused-ring (bicyclic) bond motifs is 2. The predicted octanol–water partition coefficient (Wildman–Crippen LogP) is 3.11. The van der Waals surface area contributed by atoms with Gasteiger partial charge in [-0.15, -0.1) is 11.3 Å². The lowest BCUT2D eigenvalue weighted by atomic mass is 9.86. The quantitative estimate of drug-likeness (QED) is 0.845. The predicted molar refractivity (Wildman–Crippen MR) is 109 cm³/mol. The molecule has 1 aromatic heterocycles. The Labute approximate surface area is 169 Å². The van der Waals surface area contributed by atoms with Crippen LogP contribution in [0.5, 0.6) is 0 Å². The standard InChI is InChI=1S/C22H26N2O3S/c25-21(24-11-13-26-18(15-24)16-4-2-1-3-5-16)19-14-17-6-12-27-22(20(17)28-19)7-9-23-10-8-22/h1-5,14,18,23H,6-13,15H2. The number of carbonyl (C=O) groups excluding carboxylic acids is 1. The SMILES string of the molecule is O=C(c1cc2c(s1)C1(CCNCC1)OCC2)N1CCOC(c2ccccc2)C1. The van der Waals surface area contributed by atoms with Gasteiger partial charge in [-0.1, -0.05) is 30.3 Å². The molecule has 0 aliphatic carbocycles. The van der Waals surface area contributed by atoms with E-state index in [1.807, 2.05) is 23.1 Å². The third-order valence-electron chi connectivity index (χ3n) is 6.12. The lowest BCUT2D eigenvalue weighted by Crippen LogP contribution is -2.44. The summed E-state index contributed by atoms with van der Waals surface area (Å²) in [5, 5.41) is 3.42. The van der Waals surface area contributed by atoms with Crippen molar-refractivity contribution in [3.63, 3.8) is 0 Å². The third kappa shape index (κ3) is 3.28. The summed E-state index contributed by atoms with van der Waals surface area (Å²) in [4.78, 5) is 17.4. The minimum Gasteiger partial charge on any atom is -0.370 e. The summed E-state index contributed by atoms with van der Waals surface area (Å²) in [7, 11) is 0. The number of rotatable bonds is 2. The molecular weight excluding hydrogens is 372 g/mol. The van der Waals surface area contributed by atoms with Crippen LogP contribution in [0.1, 0.15) is 44.6 Å². The number of morpholine rings is 1. The van der Waals surface area contributed by atoms with Gasteiger partial charge in [0, 0.05) is 11.4 Å². The molecule has 1 N–H and O–H groups in total. The van der Waals surface area contributed by atoms with Crippen LogP contribution in [0.25, 0.3) is 0 Å². The van der Waals surface area contributed by atoms with Gasteiger partial charge >= 0.3 is 0 Å². The van der Waals surface area contributed by atoms with E-state index >= 15 is 0 Å². The van der Waals surface area contributed by atoms with Gasteiger partial charge in [0.15, 0.2) is 0 Å². The molecule has 0 radical (unpaired) electrons. The van der Waals surface area contributed by atoms with Crippen LogP contribution in [0.4, 0.5) is 0 Å². The summed E-state index contributed by atoms with van der Waals surface area (Å²) in [5.41, 5.74) is 2.27. The van der Waals surface area contributed by atoms with E-state index < -0.39 is 0 Å². The first kappa shape index (κ1) is 18.3. The highest BCUT2D eigenvalue weighted by Crippen LogP contribution is 2.44. The third-order valence-corrected chi connectivity index (χ3v) is 7.47. The highest BCUT2D eigenvalue weighted by atomic mass is 32.1. The molecule has 4 heterocycles. The van der Waals surface area contributed by atoms with E-state index in [-0.39, 0.29) is 17.6 Å². The van der Waals surface area contributed by atoms with Crippen molar-refractivity contribution in [1.82, 2.24) is 10.2 Å². The van der Waals surface area contributed by atoms with E-state index in [0.717, 1.165) is 49.4 Å². The zero-order valence-electron chi connectivity index (χ0n) is 16.0. The number of amides is 1. The number of nitrogens with zero attached hydrogens (tertiary/aromatic N) is 1. The first-order valence-corrected chi connectivity index (χ1v) is 11.0. The number of piperidine rings is 1. The Hall–Kier alpha value is -1.73. The van der Waals surface area contributed by atoms with Crippen molar-refractivity contribution >= 4 is 17.2 Å². The van der Waals surface area contributed by atoms with E-state index in [2.05, 4.69) is 23.5 Å². The number of thiophene rings is 1. The fourth-order valence-corrected chi connectivity index (χ4v) is 5.97. The van der Waals surface area contributed by atoms with Crippen molar-refractivity contribution in [2.24, 2.45) is 0 Å². The maximum atomic E-state index is 13.3. The summed E-state index contributed by atoms with van der Waals surface area (Å²) in [6.07, 6.45) is 2.83. The molecule has 0 bridgehead atoms. The molecule has 1 atom stereocenters. The second-order valence-corrected chi connectivity index (χ2v) is 8.88. The maximum Gasteiger partial charge on any atom is 0.264 e. The molecule has 1 spiro atoms. The van der Waals surface area contributed by atoms with Crippen LogP contribution >= 0.6 is 11.3 Å². The number of carbonyl (C=O) groups is 1. The molecule has 0 saturated carbocycles. The van der Waals surface area contributed by atoms with Gasteiger partial charge in [0.25, 0.3) is 5.91 Å². The zero-order chi connectivity index (χ0) is 19.0. The second-order valence-electron chi connectivity index (χ2n) is 7.83.